The lowest BCUT2D eigenvalue weighted by Crippen LogP contribution is -2.26. The van der Waals surface area contributed by atoms with Crippen LogP contribution in [0.2, 0.25) is 0 Å². The van der Waals surface area contributed by atoms with Crippen LogP contribution in [0, 0.1) is 5.92 Å². The molecule has 1 heterocycles. The Hall–Kier alpha value is -1.02. The third-order valence-electron chi connectivity index (χ3n) is 3.68. The molecule has 0 saturated carbocycles. The molecule has 1 fully saturated rings. The van der Waals surface area contributed by atoms with E-state index < -0.39 is 0 Å². The third-order valence-corrected chi connectivity index (χ3v) is 3.68. The molecule has 2 nitrogen and oxygen atoms in total. The monoisotopic (exact) mass is 232 g/mol. The SMILES string of the molecule is CCNCC1CCN(c2ccccc2CC)C1. The summed E-state index contributed by atoms with van der Waals surface area (Å²) >= 11 is 0. The lowest BCUT2D eigenvalue weighted by atomic mass is 10.1. The molecular weight excluding hydrogens is 208 g/mol. The van der Waals surface area contributed by atoms with Gasteiger partial charge in [-0.25, -0.2) is 0 Å². The van der Waals surface area contributed by atoms with Gasteiger partial charge in [-0.2, -0.15) is 0 Å². The molecular formula is C15H24N2. The number of aryl methyl sites for hydroxylation is 1. The highest BCUT2D eigenvalue weighted by molar-refractivity contribution is 5.54. The second kappa shape index (κ2) is 6.06. The van der Waals surface area contributed by atoms with Crippen molar-refractivity contribution in [2.24, 2.45) is 5.92 Å². The van der Waals surface area contributed by atoms with Crippen LogP contribution in [0.4, 0.5) is 5.69 Å². The topological polar surface area (TPSA) is 15.3 Å². The number of anilines is 1. The lowest BCUT2D eigenvalue weighted by molar-refractivity contribution is 0.528. The molecule has 1 saturated heterocycles. The van der Waals surface area contributed by atoms with E-state index in [0.29, 0.717) is 0 Å². The average molecular weight is 232 g/mol. The first-order valence-corrected chi connectivity index (χ1v) is 6.88. The van der Waals surface area contributed by atoms with E-state index in [2.05, 4.69) is 48.3 Å². The summed E-state index contributed by atoms with van der Waals surface area (Å²) in [5, 5.41) is 3.46. The van der Waals surface area contributed by atoms with Gasteiger partial charge < -0.3 is 10.2 Å². The van der Waals surface area contributed by atoms with E-state index in [4.69, 9.17) is 0 Å². The van der Waals surface area contributed by atoms with E-state index in [-0.39, 0.29) is 0 Å². The largest absolute Gasteiger partial charge is 0.371 e. The molecule has 1 atom stereocenters. The van der Waals surface area contributed by atoms with E-state index in [9.17, 15) is 0 Å². The van der Waals surface area contributed by atoms with Crippen molar-refractivity contribution in [3.05, 3.63) is 29.8 Å². The zero-order valence-corrected chi connectivity index (χ0v) is 11.1. The van der Waals surface area contributed by atoms with Crippen molar-refractivity contribution in [1.29, 1.82) is 0 Å². The van der Waals surface area contributed by atoms with Gasteiger partial charge in [0, 0.05) is 18.8 Å². The average Bonchev–Trinajstić information content (AvgIpc) is 2.85. The number of benzene rings is 1. The van der Waals surface area contributed by atoms with Crippen LogP contribution in [0.15, 0.2) is 24.3 Å². The lowest BCUT2D eigenvalue weighted by Gasteiger charge is -2.21. The summed E-state index contributed by atoms with van der Waals surface area (Å²) in [6.07, 6.45) is 2.45. The predicted octanol–water partition coefficient (Wildman–Crippen LogP) is 2.68. The van der Waals surface area contributed by atoms with E-state index in [0.717, 1.165) is 18.9 Å². The van der Waals surface area contributed by atoms with E-state index in [1.54, 1.807) is 0 Å². The second-order valence-electron chi connectivity index (χ2n) is 4.89. The summed E-state index contributed by atoms with van der Waals surface area (Å²) in [5.41, 5.74) is 2.94. The van der Waals surface area contributed by atoms with Crippen LogP contribution in [0.25, 0.3) is 0 Å². The van der Waals surface area contributed by atoms with Gasteiger partial charge in [0.05, 0.1) is 0 Å². The maximum atomic E-state index is 3.46. The fraction of sp³-hybridized carbons (Fsp3) is 0.600. The van der Waals surface area contributed by atoms with E-state index in [1.807, 2.05) is 0 Å². The zero-order chi connectivity index (χ0) is 12.1. The fourth-order valence-electron chi connectivity index (χ4n) is 2.68. The van der Waals surface area contributed by atoms with Crippen molar-refractivity contribution < 1.29 is 0 Å². The number of rotatable bonds is 5. The number of hydrogen-bond acceptors (Lipinski definition) is 2. The predicted molar refractivity (Wildman–Crippen MR) is 74.7 cm³/mol. The maximum Gasteiger partial charge on any atom is 0.0398 e. The first-order valence-electron chi connectivity index (χ1n) is 6.88. The minimum Gasteiger partial charge on any atom is -0.371 e. The standard InChI is InChI=1S/C15H24N2/c1-3-14-7-5-6-8-15(14)17-10-9-13(12-17)11-16-4-2/h5-8,13,16H,3-4,9-12H2,1-2H3. The molecule has 1 aliphatic rings. The first-order chi connectivity index (χ1) is 8.35. The molecule has 1 aromatic rings. The Balaban J connectivity index is 1.99. The van der Waals surface area contributed by atoms with Crippen LogP contribution in [0.3, 0.4) is 0 Å². The van der Waals surface area contributed by atoms with Crippen molar-refractivity contribution in [1.82, 2.24) is 5.32 Å². The van der Waals surface area contributed by atoms with Gasteiger partial charge in [0.25, 0.3) is 0 Å². The fourth-order valence-corrected chi connectivity index (χ4v) is 2.68. The van der Waals surface area contributed by atoms with Gasteiger partial charge in [0.2, 0.25) is 0 Å². The maximum absolute atomic E-state index is 3.46. The summed E-state index contributed by atoms with van der Waals surface area (Å²) in [5.74, 6) is 0.819. The van der Waals surface area contributed by atoms with Crippen molar-refractivity contribution >= 4 is 5.69 Å². The molecule has 0 aromatic heterocycles. The highest BCUT2D eigenvalue weighted by atomic mass is 15.2. The molecule has 2 rings (SSSR count). The molecule has 0 bridgehead atoms. The minimum absolute atomic E-state index is 0.819. The molecule has 94 valence electrons. The first kappa shape index (κ1) is 12.4. The number of nitrogens with one attached hydrogen (secondary N) is 1. The Labute approximate surface area is 105 Å². The highest BCUT2D eigenvalue weighted by Gasteiger charge is 2.23. The van der Waals surface area contributed by atoms with Crippen molar-refractivity contribution in [2.75, 3.05) is 31.1 Å². The number of nitrogens with zero attached hydrogens (tertiary/aromatic N) is 1. The molecule has 17 heavy (non-hydrogen) atoms. The summed E-state index contributed by atoms with van der Waals surface area (Å²) in [6, 6.07) is 8.84. The normalized spacial score (nSPS) is 19.9. The van der Waals surface area contributed by atoms with Gasteiger partial charge in [0.1, 0.15) is 0 Å². The van der Waals surface area contributed by atoms with E-state index >= 15 is 0 Å². The van der Waals surface area contributed by atoms with Gasteiger partial charge in [-0.05, 0) is 43.5 Å². The molecule has 1 aliphatic heterocycles. The quantitative estimate of drug-likeness (QED) is 0.839. The second-order valence-corrected chi connectivity index (χ2v) is 4.89. The molecule has 0 amide bonds. The zero-order valence-electron chi connectivity index (χ0n) is 11.1. The van der Waals surface area contributed by atoms with Gasteiger partial charge in [-0.3, -0.25) is 0 Å². The van der Waals surface area contributed by atoms with Crippen molar-refractivity contribution in [3.63, 3.8) is 0 Å². The van der Waals surface area contributed by atoms with E-state index in [1.165, 1.54) is 37.3 Å². The van der Waals surface area contributed by atoms with Gasteiger partial charge in [0.15, 0.2) is 0 Å². The molecule has 0 aliphatic carbocycles. The van der Waals surface area contributed by atoms with Crippen molar-refractivity contribution in [3.8, 4) is 0 Å². The van der Waals surface area contributed by atoms with Gasteiger partial charge >= 0.3 is 0 Å². The third kappa shape index (κ3) is 3.01. The number of para-hydroxylation sites is 1. The Morgan fingerprint density at radius 2 is 2.12 bits per heavy atom. The van der Waals surface area contributed by atoms with Gasteiger partial charge in [-0.15, -0.1) is 0 Å². The summed E-state index contributed by atoms with van der Waals surface area (Å²) in [4.78, 5) is 2.56. The van der Waals surface area contributed by atoms with Gasteiger partial charge in [-0.1, -0.05) is 32.0 Å². The van der Waals surface area contributed by atoms with Crippen LogP contribution in [0.5, 0.6) is 0 Å². The van der Waals surface area contributed by atoms with Crippen molar-refractivity contribution in [2.45, 2.75) is 26.7 Å². The molecule has 1 unspecified atom stereocenters. The summed E-state index contributed by atoms with van der Waals surface area (Å²) in [6.45, 7) is 9.10. The molecule has 1 N–H and O–H groups in total. The minimum atomic E-state index is 0.819. The van der Waals surface area contributed by atoms with Crippen LogP contribution < -0.4 is 10.2 Å². The van der Waals surface area contributed by atoms with Crippen LogP contribution in [-0.2, 0) is 6.42 Å². The Morgan fingerprint density at radius 3 is 2.88 bits per heavy atom. The smallest absolute Gasteiger partial charge is 0.0398 e. The van der Waals surface area contributed by atoms with Crippen LogP contribution in [-0.4, -0.2) is 26.2 Å². The summed E-state index contributed by atoms with van der Waals surface area (Å²) in [7, 11) is 0. The van der Waals surface area contributed by atoms with Crippen LogP contribution >= 0.6 is 0 Å². The van der Waals surface area contributed by atoms with Crippen LogP contribution in [0.1, 0.15) is 25.8 Å². The summed E-state index contributed by atoms with van der Waals surface area (Å²) < 4.78 is 0. The Morgan fingerprint density at radius 1 is 1.29 bits per heavy atom. The Bertz CT molecular complexity index is 349. The molecule has 0 radical (unpaired) electrons. The number of hydrogen-bond donors (Lipinski definition) is 1. The highest BCUT2D eigenvalue weighted by Crippen LogP contribution is 2.27. The Kier molecular flexibility index (Phi) is 4.43. The molecule has 0 spiro atoms. The molecule has 2 heteroatoms. The molecule has 1 aromatic carbocycles.